The van der Waals surface area contributed by atoms with E-state index in [0.29, 0.717) is 5.56 Å². The Morgan fingerprint density at radius 2 is 1.82 bits per heavy atom. The molecule has 0 fully saturated rings. The summed E-state index contributed by atoms with van der Waals surface area (Å²) in [5.74, 6) is -2.98. The second-order valence-electron chi connectivity index (χ2n) is 5.64. The summed E-state index contributed by atoms with van der Waals surface area (Å²) in [5.41, 5.74) is 0.584. The number of carbonyl (C=O) groups is 2. The molecular formula is C16H21NO5. The fraction of sp³-hybridized carbons (Fsp3) is 0.500. The highest BCUT2D eigenvalue weighted by Gasteiger charge is 2.38. The third kappa shape index (κ3) is 5.27. The fourth-order valence-corrected chi connectivity index (χ4v) is 2.22. The molecule has 0 saturated heterocycles. The van der Waals surface area contributed by atoms with Gasteiger partial charge in [0.15, 0.2) is 0 Å². The lowest BCUT2D eigenvalue weighted by Crippen LogP contribution is -2.34. The standard InChI is InChI=1S/C16H21NO5/c1-11(2)10-22-16(19)15(12(3)18)14(9-17(20)21)13-7-5-4-6-8-13/h4-8,11,14-15H,9-10H2,1-3H3/t14-,15?/m1/s1. The largest absolute Gasteiger partial charge is 0.465 e. The molecule has 120 valence electrons. The average molecular weight is 307 g/mol. The average Bonchev–Trinajstić information content (AvgIpc) is 2.44. The number of hydrogen-bond donors (Lipinski definition) is 0. The van der Waals surface area contributed by atoms with Crippen LogP contribution in [0.3, 0.4) is 0 Å². The van der Waals surface area contributed by atoms with Crippen LogP contribution in [0.2, 0.25) is 0 Å². The Morgan fingerprint density at radius 3 is 2.27 bits per heavy atom. The molecule has 22 heavy (non-hydrogen) atoms. The fourth-order valence-electron chi connectivity index (χ4n) is 2.22. The first-order valence-electron chi connectivity index (χ1n) is 7.16. The van der Waals surface area contributed by atoms with Crippen molar-refractivity contribution in [3.63, 3.8) is 0 Å². The molecule has 0 aliphatic heterocycles. The topological polar surface area (TPSA) is 86.5 Å². The minimum Gasteiger partial charge on any atom is -0.465 e. The summed E-state index contributed by atoms with van der Waals surface area (Å²) in [7, 11) is 0. The molecule has 0 bridgehead atoms. The summed E-state index contributed by atoms with van der Waals surface area (Å²) in [6, 6.07) is 8.57. The molecule has 0 aliphatic carbocycles. The molecule has 0 amide bonds. The molecule has 0 aromatic heterocycles. The summed E-state index contributed by atoms with van der Waals surface area (Å²) >= 11 is 0. The quantitative estimate of drug-likeness (QED) is 0.319. The van der Waals surface area contributed by atoms with Gasteiger partial charge in [0.2, 0.25) is 6.54 Å². The Bertz CT molecular complexity index is 527. The zero-order chi connectivity index (χ0) is 16.7. The first kappa shape index (κ1) is 17.8. The molecule has 0 aliphatic rings. The normalized spacial score (nSPS) is 13.5. The molecule has 0 N–H and O–H groups in total. The van der Waals surface area contributed by atoms with Crippen LogP contribution in [0.1, 0.15) is 32.3 Å². The SMILES string of the molecule is CC(=O)C(C(=O)OCC(C)C)[C@H](C[N+](=O)[O-])c1ccccc1. The third-order valence-corrected chi connectivity index (χ3v) is 3.23. The van der Waals surface area contributed by atoms with E-state index in [-0.39, 0.29) is 12.5 Å². The summed E-state index contributed by atoms with van der Waals surface area (Å²) in [6.45, 7) is 4.70. The predicted octanol–water partition coefficient (Wildman–Crippen LogP) is 2.45. The molecule has 0 saturated carbocycles. The smallest absolute Gasteiger partial charge is 0.317 e. The molecule has 6 nitrogen and oxygen atoms in total. The first-order chi connectivity index (χ1) is 10.3. The van der Waals surface area contributed by atoms with Crippen LogP contribution in [0.5, 0.6) is 0 Å². The van der Waals surface area contributed by atoms with Gasteiger partial charge in [0.25, 0.3) is 0 Å². The molecular weight excluding hydrogens is 286 g/mol. The lowest BCUT2D eigenvalue weighted by molar-refractivity contribution is -0.484. The maximum absolute atomic E-state index is 12.2. The van der Waals surface area contributed by atoms with Crippen molar-refractivity contribution in [2.75, 3.05) is 13.2 Å². The molecule has 0 heterocycles. The minimum atomic E-state index is -1.16. The van der Waals surface area contributed by atoms with Crippen LogP contribution in [-0.4, -0.2) is 29.8 Å². The maximum Gasteiger partial charge on any atom is 0.317 e. The van der Waals surface area contributed by atoms with Crippen molar-refractivity contribution in [2.24, 2.45) is 11.8 Å². The van der Waals surface area contributed by atoms with Gasteiger partial charge in [-0.25, -0.2) is 0 Å². The number of Topliss-reactive ketones (excluding diaryl/α,β-unsaturated/α-hetero) is 1. The highest BCUT2D eigenvalue weighted by atomic mass is 16.6. The zero-order valence-corrected chi connectivity index (χ0v) is 13.0. The summed E-state index contributed by atoms with van der Waals surface area (Å²) < 4.78 is 5.13. The molecule has 2 atom stereocenters. The monoisotopic (exact) mass is 307 g/mol. The summed E-state index contributed by atoms with van der Waals surface area (Å²) in [4.78, 5) is 34.6. The van der Waals surface area contributed by atoms with E-state index < -0.39 is 35.1 Å². The van der Waals surface area contributed by atoms with Gasteiger partial charge in [0.1, 0.15) is 11.7 Å². The lowest BCUT2D eigenvalue weighted by Gasteiger charge is -2.21. The van der Waals surface area contributed by atoms with Crippen LogP contribution < -0.4 is 0 Å². The second kappa shape index (κ2) is 8.26. The summed E-state index contributed by atoms with van der Waals surface area (Å²) in [5, 5.41) is 10.9. The van der Waals surface area contributed by atoms with Crippen molar-refractivity contribution in [3.8, 4) is 0 Å². The van der Waals surface area contributed by atoms with Gasteiger partial charge in [-0.2, -0.15) is 0 Å². The Hall–Kier alpha value is -2.24. The molecule has 1 aromatic rings. The van der Waals surface area contributed by atoms with E-state index in [9.17, 15) is 19.7 Å². The van der Waals surface area contributed by atoms with Gasteiger partial charge in [-0.3, -0.25) is 19.7 Å². The zero-order valence-electron chi connectivity index (χ0n) is 13.0. The molecule has 1 unspecified atom stereocenters. The Morgan fingerprint density at radius 1 is 1.23 bits per heavy atom. The third-order valence-electron chi connectivity index (χ3n) is 3.23. The van der Waals surface area contributed by atoms with E-state index in [2.05, 4.69) is 0 Å². The lowest BCUT2D eigenvalue weighted by atomic mass is 9.83. The molecule has 0 radical (unpaired) electrons. The molecule has 0 spiro atoms. The maximum atomic E-state index is 12.2. The van der Waals surface area contributed by atoms with Crippen LogP contribution in [0.25, 0.3) is 0 Å². The highest BCUT2D eigenvalue weighted by Crippen LogP contribution is 2.27. The van der Waals surface area contributed by atoms with E-state index >= 15 is 0 Å². The van der Waals surface area contributed by atoms with Crippen molar-refractivity contribution < 1.29 is 19.2 Å². The van der Waals surface area contributed by atoms with Crippen LogP contribution in [0, 0.1) is 22.0 Å². The Labute approximate surface area is 129 Å². The van der Waals surface area contributed by atoms with Crippen LogP contribution in [0.15, 0.2) is 30.3 Å². The molecule has 1 rings (SSSR count). The predicted molar refractivity (Wildman–Crippen MR) is 81.0 cm³/mol. The molecule has 6 heteroatoms. The van der Waals surface area contributed by atoms with Gasteiger partial charge in [0, 0.05) is 4.92 Å². The van der Waals surface area contributed by atoms with Crippen molar-refractivity contribution >= 4 is 11.8 Å². The van der Waals surface area contributed by atoms with Crippen molar-refractivity contribution in [1.29, 1.82) is 0 Å². The highest BCUT2D eigenvalue weighted by molar-refractivity contribution is 5.98. The van der Waals surface area contributed by atoms with E-state index in [1.807, 2.05) is 13.8 Å². The Balaban J connectivity index is 3.07. The van der Waals surface area contributed by atoms with Gasteiger partial charge in [-0.1, -0.05) is 44.2 Å². The number of rotatable bonds is 8. The van der Waals surface area contributed by atoms with E-state index in [4.69, 9.17) is 4.74 Å². The van der Waals surface area contributed by atoms with E-state index in [1.165, 1.54) is 6.92 Å². The number of hydrogen-bond acceptors (Lipinski definition) is 5. The van der Waals surface area contributed by atoms with Gasteiger partial charge >= 0.3 is 5.97 Å². The number of nitro groups is 1. The number of nitrogens with zero attached hydrogens (tertiary/aromatic N) is 1. The molecule has 1 aromatic carbocycles. The van der Waals surface area contributed by atoms with Gasteiger partial charge in [-0.05, 0) is 18.4 Å². The van der Waals surface area contributed by atoms with Gasteiger partial charge < -0.3 is 4.74 Å². The first-order valence-corrected chi connectivity index (χ1v) is 7.16. The van der Waals surface area contributed by atoms with E-state index in [1.54, 1.807) is 30.3 Å². The second-order valence-corrected chi connectivity index (χ2v) is 5.64. The number of esters is 1. The van der Waals surface area contributed by atoms with Crippen molar-refractivity contribution in [1.82, 2.24) is 0 Å². The van der Waals surface area contributed by atoms with Crippen LogP contribution in [0.4, 0.5) is 0 Å². The minimum absolute atomic E-state index is 0.127. The van der Waals surface area contributed by atoms with Crippen LogP contribution in [-0.2, 0) is 14.3 Å². The summed E-state index contributed by atoms with van der Waals surface area (Å²) in [6.07, 6.45) is 0. The van der Waals surface area contributed by atoms with E-state index in [0.717, 1.165) is 0 Å². The number of benzene rings is 1. The van der Waals surface area contributed by atoms with Gasteiger partial charge in [0.05, 0.1) is 12.5 Å². The van der Waals surface area contributed by atoms with Gasteiger partial charge in [-0.15, -0.1) is 0 Å². The van der Waals surface area contributed by atoms with Crippen LogP contribution >= 0.6 is 0 Å². The number of ketones is 1. The van der Waals surface area contributed by atoms with Crippen molar-refractivity contribution in [2.45, 2.75) is 26.7 Å². The number of ether oxygens (including phenoxy) is 1. The van der Waals surface area contributed by atoms with Crippen molar-refractivity contribution in [3.05, 3.63) is 46.0 Å². The number of carbonyl (C=O) groups excluding carboxylic acids is 2. The Kier molecular flexibility index (Phi) is 6.69.